The number of fused-ring (bicyclic) bond motifs is 1. The van der Waals surface area contributed by atoms with Crippen LogP contribution in [0.1, 0.15) is 34.3 Å². The van der Waals surface area contributed by atoms with Crippen LogP contribution in [0.4, 0.5) is 5.69 Å². The molecule has 1 fully saturated rings. The third kappa shape index (κ3) is 3.75. The second kappa shape index (κ2) is 7.89. The van der Waals surface area contributed by atoms with Gasteiger partial charge < -0.3 is 4.90 Å². The lowest BCUT2D eigenvalue weighted by atomic mass is 9.95. The molecule has 0 N–H and O–H groups in total. The van der Waals surface area contributed by atoms with Gasteiger partial charge in [0.2, 0.25) is 0 Å². The average molecular weight is 400 g/mol. The van der Waals surface area contributed by atoms with Crippen molar-refractivity contribution in [2.45, 2.75) is 31.8 Å². The molecule has 2 aromatic carbocycles. The van der Waals surface area contributed by atoms with E-state index in [1.165, 1.54) is 29.3 Å². The molecule has 28 heavy (non-hydrogen) atoms. The highest BCUT2D eigenvalue weighted by Crippen LogP contribution is 2.27. The summed E-state index contributed by atoms with van der Waals surface area (Å²) in [4.78, 5) is 27.7. The first-order chi connectivity index (χ1) is 13.5. The van der Waals surface area contributed by atoms with Crippen LogP contribution < -0.4 is 0 Å². The lowest BCUT2D eigenvalue weighted by Crippen LogP contribution is -2.51. The smallest absolute Gasteiger partial charge is 0.270 e. The first kappa shape index (κ1) is 18.9. The average Bonchev–Trinajstić information content (AvgIpc) is 2.73. The summed E-state index contributed by atoms with van der Waals surface area (Å²) >= 11 is 6.17. The number of halogens is 1. The Kier molecular flexibility index (Phi) is 5.33. The molecule has 0 radical (unpaired) electrons. The summed E-state index contributed by atoms with van der Waals surface area (Å²) in [5.74, 6) is -0.151. The summed E-state index contributed by atoms with van der Waals surface area (Å²) in [5.41, 5.74) is 3.01. The van der Waals surface area contributed by atoms with E-state index < -0.39 is 4.92 Å². The highest BCUT2D eigenvalue weighted by molar-refractivity contribution is 6.34. The summed E-state index contributed by atoms with van der Waals surface area (Å²) in [6.07, 6.45) is 3.05. The lowest BCUT2D eigenvalue weighted by molar-refractivity contribution is -0.384. The maximum absolute atomic E-state index is 13.0. The van der Waals surface area contributed by atoms with E-state index in [4.69, 9.17) is 11.6 Å². The molecule has 0 aliphatic carbocycles. The summed E-state index contributed by atoms with van der Waals surface area (Å²) < 4.78 is 0. The summed E-state index contributed by atoms with van der Waals surface area (Å²) in [7, 11) is 0. The van der Waals surface area contributed by atoms with Crippen molar-refractivity contribution in [1.82, 2.24) is 9.80 Å². The molecule has 7 heteroatoms. The lowest BCUT2D eigenvalue weighted by Gasteiger charge is -2.41. The minimum Gasteiger partial charge on any atom is -0.337 e. The molecule has 0 aromatic heterocycles. The second-order valence-corrected chi connectivity index (χ2v) is 7.86. The van der Waals surface area contributed by atoms with Crippen molar-refractivity contribution in [3.8, 4) is 0 Å². The molecular formula is C21H22ClN3O3. The minimum atomic E-state index is -0.509. The number of carbonyl (C=O) groups is 1. The highest BCUT2D eigenvalue weighted by atomic mass is 35.5. The molecular weight excluding hydrogens is 378 g/mol. The van der Waals surface area contributed by atoms with Gasteiger partial charge in [-0.1, -0.05) is 35.9 Å². The van der Waals surface area contributed by atoms with Crippen LogP contribution in [0.3, 0.4) is 0 Å². The van der Waals surface area contributed by atoms with Crippen LogP contribution in [0.5, 0.6) is 0 Å². The minimum absolute atomic E-state index is 0.106. The van der Waals surface area contributed by atoms with E-state index in [0.717, 1.165) is 32.4 Å². The quantitative estimate of drug-likeness (QED) is 0.579. The van der Waals surface area contributed by atoms with Gasteiger partial charge in [0.1, 0.15) is 0 Å². The number of nitrogens with zero attached hydrogens (tertiary/aromatic N) is 3. The summed E-state index contributed by atoms with van der Waals surface area (Å²) in [6.45, 7) is 3.27. The number of rotatable bonds is 3. The Morgan fingerprint density at radius 3 is 2.68 bits per heavy atom. The van der Waals surface area contributed by atoms with Gasteiger partial charge in [0.25, 0.3) is 11.6 Å². The molecule has 146 valence electrons. The normalized spacial score (nSPS) is 19.9. The number of hydrogen-bond acceptors (Lipinski definition) is 4. The fourth-order valence-electron chi connectivity index (χ4n) is 4.23. The number of non-ortho nitro benzene ring substituents is 1. The number of hydrogen-bond donors (Lipinski definition) is 0. The molecule has 2 aliphatic rings. The fourth-order valence-corrected chi connectivity index (χ4v) is 4.48. The van der Waals surface area contributed by atoms with Gasteiger partial charge in [0.05, 0.1) is 15.5 Å². The molecule has 2 aliphatic heterocycles. The van der Waals surface area contributed by atoms with Gasteiger partial charge >= 0.3 is 0 Å². The van der Waals surface area contributed by atoms with E-state index in [1.54, 1.807) is 0 Å². The van der Waals surface area contributed by atoms with E-state index in [0.29, 0.717) is 24.7 Å². The van der Waals surface area contributed by atoms with E-state index in [1.807, 2.05) is 4.90 Å². The van der Waals surface area contributed by atoms with Gasteiger partial charge in [-0.2, -0.15) is 0 Å². The van der Waals surface area contributed by atoms with E-state index >= 15 is 0 Å². The number of carbonyl (C=O) groups excluding carboxylic acids is 1. The molecule has 1 saturated heterocycles. The van der Waals surface area contributed by atoms with Crippen LogP contribution in [0, 0.1) is 10.1 Å². The van der Waals surface area contributed by atoms with E-state index in [-0.39, 0.29) is 16.6 Å². The monoisotopic (exact) mass is 399 g/mol. The van der Waals surface area contributed by atoms with Gasteiger partial charge in [0.15, 0.2) is 0 Å². The Morgan fingerprint density at radius 2 is 1.93 bits per heavy atom. The third-order valence-corrected chi connectivity index (χ3v) is 6.07. The molecule has 2 aromatic rings. The maximum atomic E-state index is 13.0. The first-order valence-electron chi connectivity index (χ1n) is 9.57. The molecule has 0 bridgehead atoms. The summed E-state index contributed by atoms with van der Waals surface area (Å²) in [6, 6.07) is 12.9. The third-order valence-electron chi connectivity index (χ3n) is 5.75. The predicted octanol–water partition coefficient (Wildman–Crippen LogP) is 3.91. The molecule has 1 atom stereocenters. The number of piperidine rings is 1. The SMILES string of the molecule is O=C(c1ccc([N+](=O)[O-])cc1Cl)N1CCC[C@H](N2CCc3ccccc3C2)C1. The number of likely N-dealkylation sites (tertiary alicyclic amines) is 1. The number of nitro benzene ring substituents is 1. The Bertz CT molecular complexity index is 918. The Labute approximate surface area is 168 Å². The highest BCUT2D eigenvalue weighted by Gasteiger charge is 2.31. The van der Waals surface area contributed by atoms with Gasteiger partial charge in [-0.05, 0) is 36.5 Å². The van der Waals surface area contributed by atoms with Crippen molar-refractivity contribution < 1.29 is 9.72 Å². The molecule has 2 heterocycles. The maximum Gasteiger partial charge on any atom is 0.270 e. The topological polar surface area (TPSA) is 66.7 Å². The summed E-state index contributed by atoms with van der Waals surface area (Å²) in [5, 5.41) is 11.0. The van der Waals surface area contributed by atoms with Gasteiger partial charge in [-0.15, -0.1) is 0 Å². The predicted molar refractivity (Wildman–Crippen MR) is 108 cm³/mol. The van der Waals surface area contributed by atoms with Crippen molar-refractivity contribution in [1.29, 1.82) is 0 Å². The zero-order chi connectivity index (χ0) is 19.7. The van der Waals surface area contributed by atoms with Gasteiger partial charge in [0, 0.05) is 44.4 Å². The Balaban J connectivity index is 1.47. The van der Waals surface area contributed by atoms with Gasteiger partial charge in [-0.3, -0.25) is 19.8 Å². The Hall–Kier alpha value is -2.44. The zero-order valence-electron chi connectivity index (χ0n) is 15.5. The van der Waals surface area contributed by atoms with Crippen molar-refractivity contribution in [2.24, 2.45) is 0 Å². The van der Waals surface area contributed by atoms with Crippen LogP contribution in [0.2, 0.25) is 5.02 Å². The zero-order valence-corrected chi connectivity index (χ0v) is 16.3. The molecule has 4 rings (SSSR count). The van der Waals surface area contributed by atoms with Crippen molar-refractivity contribution in [2.75, 3.05) is 19.6 Å². The van der Waals surface area contributed by atoms with Gasteiger partial charge in [-0.25, -0.2) is 0 Å². The largest absolute Gasteiger partial charge is 0.337 e. The number of nitro groups is 1. The number of benzene rings is 2. The van der Waals surface area contributed by atoms with Crippen LogP contribution in [0.15, 0.2) is 42.5 Å². The Morgan fingerprint density at radius 1 is 1.14 bits per heavy atom. The van der Waals surface area contributed by atoms with Crippen LogP contribution >= 0.6 is 11.6 Å². The number of amides is 1. The van der Waals surface area contributed by atoms with Crippen LogP contribution in [0.25, 0.3) is 0 Å². The van der Waals surface area contributed by atoms with Crippen molar-refractivity contribution >= 4 is 23.2 Å². The fraction of sp³-hybridized carbons (Fsp3) is 0.381. The van der Waals surface area contributed by atoms with Crippen molar-refractivity contribution in [3.05, 3.63) is 74.3 Å². The molecule has 6 nitrogen and oxygen atoms in total. The standard InChI is InChI=1S/C21H22ClN3O3/c22-20-12-17(25(27)28)7-8-19(20)21(26)24-10-3-6-18(14-24)23-11-9-15-4-1-2-5-16(15)13-23/h1-2,4-5,7-8,12,18H,3,6,9-11,13-14H2/t18-/m0/s1. The van der Waals surface area contributed by atoms with Crippen LogP contribution in [-0.2, 0) is 13.0 Å². The van der Waals surface area contributed by atoms with Crippen molar-refractivity contribution in [3.63, 3.8) is 0 Å². The first-order valence-corrected chi connectivity index (χ1v) is 9.95. The molecule has 0 spiro atoms. The van der Waals surface area contributed by atoms with E-state index in [9.17, 15) is 14.9 Å². The van der Waals surface area contributed by atoms with Crippen LogP contribution in [-0.4, -0.2) is 46.3 Å². The molecule has 0 saturated carbocycles. The molecule has 0 unspecified atom stereocenters. The second-order valence-electron chi connectivity index (χ2n) is 7.46. The molecule has 1 amide bonds. The van der Waals surface area contributed by atoms with E-state index in [2.05, 4.69) is 29.2 Å².